The van der Waals surface area contributed by atoms with Crippen LogP contribution in [0.5, 0.6) is 5.75 Å². The number of rotatable bonds is 7. The second kappa shape index (κ2) is 7.53. The Morgan fingerprint density at radius 2 is 2.05 bits per heavy atom. The minimum Gasteiger partial charge on any atom is -0.496 e. The maximum atomic E-state index is 6.16. The molecule has 1 atom stereocenters. The quantitative estimate of drug-likeness (QED) is 0.812. The molecule has 0 fully saturated rings. The van der Waals surface area contributed by atoms with Crippen molar-refractivity contribution in [3.05, 3.63) is 52.4 Å². The fraction of sp³-hybridized carbons (Fsp3) is 0.412. The van der Waals surface area contributed by atoms with Gasteiger partial charge in [0.1, 0.15) is 17.3 Å². The number of hydrogen-bond acceptors (Lipinski definition) is 3. The van der Waals surface area contributed by atoms with Crippen molar-refractivity contribution in [3.63, 3.8) is 0 Å². The number of ether oxygens (including phenoxy) is 1. The molecule has 1 unspecified atom stereocenters. The van der Waals surface area contributed by atoms with Crippen molar-refractivity contribution in [2.45, 2.75) is 32.7 Å². The summed E-state index contributed by atoms with van der Waals surface area (Å²) in [6.07, 6.45) is 1.92. The van der Waals surface area contributed by atoms with Crippen molar-refractivity contribution in [1.82, 2.24) is 5.32 Å². The summed E-state index contributed by atoms with van der Waals surface area (Å²) in [5, 5.41) is 4.20. The van der Waals surface area contributed by atoms with Crippen LogP contribution in [-0.2, 0) is 6.42 Å². The molecule has 0 aliphatic carbocycles. The zero-order chi connectivity index (χ0) is 15.2. The molecule has 0 aliphatic rings. The van der Waals surface area contributed by atoms with E-state index in [0.29, 0.717) is 5.02 Å². The van der Waals surface area contributed by atoms with E-state index in [1.54, 1.807) is 7.11 Å². The first-order valence-corrected chi connectivity index (χ1v) is 7.72. The molecule has 3 nitrogen and oxygen atoms in total. The molecular formula is C17H22ClNO2. The zero-order valence-electron chi connectivity index (χ0n) is 12.8. The van der Waals surface area contributed by atoms with Gasteiger partial charge in [0.15, 0.2) is 0 Å². The predicted octanol–water partition coefficient (Wildman–Crippen LogP) is 4.59. The topological polar surface area (TPSA) is 34.4 Å². The third-order valence-electron chi connectivity index (χ3n) is 3.42. The van der Waals surface area contributed by atoms with E-state index in [-0.39, 0.29) is 6.04 Å². The van der Waals surface area contributed by atoms with Crippen molar-refractivity contribution in [1.29, 1.82) is 0 Å². The summed E-state index contributed by atoms with van der Waals surface area (Å²) in [4.78, 5) is 0. The minimum absolute atomic E-state index is 0.0566. The van der Waals surface area contributed by atoms with Crippen LogP contribution < -0.4 is 10.1 Å². The van der Waals surface area contributed by atoms with E-state index >= 15 is 0 Å². The van der Waals surface area contributed by atoms with E-state index in [4.69, 9.17) is 20.8 Å². The molecule has 0 aliphatic heterocycles. The Kier molecular flexibility index (Phi) is 5.71. The molecule has 0 spiro atoms. The molecule has 0 radical (unpaired) electrons. The van der Waals surface area contributed by atoms with Crippen molar-refractivity contribution >= 4 is 11.6 Å². The number of benzene rings is 1. The van der Waals surface area contributed by atoms with Crippen LogP contribution >= 0.6 is 11.6 Å². The Bertz CT molecular complexity index is 580. The molecule has 1 N–H and O–H groups in total. The Balaban J connectivity index is 2.41. The van der Waals surface area contributed by atoms with Gasteiger partial charge in [-0.2, -0.15) is 0 Å². The normalized spacial score (nSPS) is 12.4. The summed E-state index contributed by atoms with van der Waals surface area (Å²) in [6, 6.07) is 9.64. The van der Waals surface area contributed by atoms with E-state index in [0.717, 1.165) is 42.2 Å². The lowest BCUT2D eigenvalue weighted by Crippen LogP contribution is -2.23. The average Bonchev–Trinajstić information content (AvgIpc) is 2.97. The first-order valence-electron chi connectivity index (χ1n) is 7.35. The Morgan fingerprint density at radius 1 is 1.24 bits per heavy atom. The number of methoxy groups -OCH3 is 1. The summed E-state index contributed by atoms with van der Waals surface area (Å²) in [5.41, 5.74) is 0.996. The van der Waals surface area contributed by atoms with Crippen molar-refractivity contribution in [2.24, 2.45) is 0 Å². The molecule has 0 amide bonds. The fourth-order valence-corrected chi connectivity index (χ4v) is 2.50. The molecule has 1 aromatic carbocycles. The minimum atomic E-state index is -0.0566. The van der Waals surface area contributed by atoms with Crippen LogP contribution in [0.25, 0.3) is 0 Å². The highest BCUT2D eigenvalue weighted by atomic mass is 35.5. The number of halogens is 1. The molecule has 0 saturated heterocycles. The monoisotopic (exact) mass is 307 g/mol. The maximum absolute atomic E-state index is 6.16. The van der Waals surface area contributed by atoms with Crippen LogP contribution in [0.2, 0.25) is 5.02 Å². The Labute approximate surface area is 131 Å². The summed E-state index contributed by atoms with van der Waals surface area (Å²) < 4.78 is 11.4. The molecule has 1 aromatic heterocycles. The van der Waals surface area contributed by atoms with Gasteiger partial charge in [-0.15, -0.1) is 0 Å². The second-order valence-corrected chi connectivity index (χ2v) is 5.37. The standard InChI is InChI=1S/C17H22ClNO2/c1-4-10-19-17(16-9-7-13(5-2)21-16)14-11-12(18)6-8-15(14)20-3/h6-9,11,17,19H,4-5,10H2,1-3H3. The molecule has 0 bridgehead atoms. The van der Waals surface area contributed by atoms with Gasteiger partial charge in [-0.3, -0.25) is 0 Å². The van der Waals surface area contributed by atoms with E-state index < -0.39 is 0 Å². The van der Waals surface area contributed by atoms with Gasteiger partial charge < -0.3 is 14.5 Å². The molecule has 0 saturated carbocycles. The third-order valence-corrected chi connectivity index (χ3v) is 3.65. The van der Waals surface area contributed by atoms with Crippen molar-refractivity contribution in [3.8, 4) is 5.75 Å². The Morgan fingerprint density at radius 3 is 2.67 bits per heavy atom. The van der Waals surface area contributed by atoms with Crippen LogP contribution in [0.4, 0.5) is 0 Å². The molecule has 1 heterocycles. The van der Waals surface area contributed by atoms with Gasteiger partial charge >= 0.3 is 0 Å². The van der Waals surface area contributed by atoms with Crippen LogP contribution in [0.15, 0.2) is 34.7 Å². The van der Waals surface area contributed by atoms with Gasteiger partial charge in [-0.05, 0) is 43.3 Å². The second-order valence-electron chi connectivity index (χ2n) is 4.93. The fourth-order valence-electron chi connectivity index (χ4n) is 2.32. The first kappa shape index (κ1) is 15.9. The third kappa shape index (κ3) is 3.80. The summed E-state index contributed by atoms with van der Waals surface area (Å²) >= 11 is 6.16. The summed E-state index contributed by atoms with van der Waals surface area (Å²) in [6.45, 7) is 5.11. The maximum Gasteiger partial charge on any atom is 0.125 e. The van der Waals surface area contributed by atoms with Gasteiger partial charge in [-0.1, -0.05) is 25.4 Å². The van der Waals surface area contributed by atoms with E-state index in [9.17, 15) is 0 Å². The van der Waals surface area contributed by atoms with Gasteiger partial charge in [0.2, 0.25) is 0 Å². The van der Waals surface area contributed by atoms with E-state index in [1.807, 2.05) is 30.3 Å². The largest absolute Gasteiger partial charge is 0.496 e. The van der Waals surface area contributed by atoms with Crippen LogP contribution in [0.3, 0.4) is 0 Å². The highest BCUT2D eigenvalue weighted by Gasteiger charge is 2.21. The van der Waals surface area contributed by atoms with Gasteiger partial charge in [-0.25, -0.2) is 0 Å². The molecule has 114 valence electrons. The average molecular weight is 308 g/mol. The van der Waals surface area contributed by atoms with E-state index in [1.165, 1.54) is 0 Å². The summed E-state index contributed by atoms with van der Waals surface area (Å²) in [7, 11) is 1.67. The van der Waals surface area contributed by atoms with Crippen molar-refractivity contribution in [2.75, 3.05) is 13.7 Å². The first-order chi connectivity index (χ1) is 10.2. The number of hydrogen-bond donors (Lipinski definition) is 1. The number of aryl methyl sites for hydroxylation is 1. The van der Waals surface area contributed by atoms with Gasteiger partial charge in [0, 0.05) is 17.0 Å². The number of furan rings is 1. The molecule has 2 rings (SSSR count). The highest BCUT2D eigenvalue weighted by Crippen LogP contribution is 2.33. The van der Waals surface area contributed by atoms with Crippen LogP contribution in [0, 0.1) is 0 Å². The van der Waals surface area contributed by atoms with Crippen molar-refractivity contribution < 1.29 is 9.15 Å². The van der Waals surface area contributed by atoms with Gasteiger partial charge in [0.25, 0.3) is 0 Å². The zero-order valence-corrected chi connectivity index (χ0v) is 13.5. The SMILES string of the molecule is CCCNC(c1ccc(CC)o1)c1cc(Cl)ccc1OC. The summed E-state index contributed by atoms with van der Waals surface area (Å²) in [5.74, 6) is 2.68. The molecule has 2 aromatic rings. The number of nitrogens with one attached hydrogen (secondary N) is 1. The molecule has 21 heavy (non-hydrogen) atoms. The lowest BCUT2D eigenvalue weighted by molar-refractivity contribution is 0.387. The van der Waals surface area contributed by atoms with Crippen LogP contribution in [-0.4, -0.2) is 13.7 Å². The molecule has 4 heteroatoms. The Hall–Kier alpha value is -1.45. The highest BCUT2D eigenvalue weighted by molar-refractivity contribution is 6.30. The lowest BCUT2D eigenvalue weighted by atomic mass is 10.0. The van der Waals surface area contributed by atoms with E-state index in [2.05, 4.69) is 19.2 Å². The van der Waals surface area contributed by atoms with Crippen LogP contribution in [0.1, 0.15) is 43.4 Å². The van der Waals surface area contributed by atoms with Gasteiger partial charge in [0.05, 0.1) is 13.2 Å². The predicted molar refractivity (Wildman–Crippen MR) is 86.2 cm³/mol. The lowest BCUT2D eigenvalue weighted by Gasteiger charge is -2.19. The smallest absolute Gasteiger partial charge is 0.125 e. The molecular weight excluding hydrogens is 286 g/mol.